The molecule has 0 spiro atoms. The van der Waals surface area contributed by atoms with Crippen molar-refractivity contribution in [1.82, 2.24) is 0 Å². The number of benzene rings is 2. The summed E-state index contributed by atoms with van der Waals surface area (Å²) < 4.78 is 5.16. The van der Waals surface area contributed by atoms with Crippen LogP contribution in [0, 0.1) is 11.8 Å². The summed E-state index contributed by atoms with van der Waals surface area (Å²) in [4.78, 5) is 5.45. The molecule has 0 bridgehead atoms. The van der Waals surface area contributed by atoms with Gasteiger partial charge in [0.2, 0.25) is 6.10 Å². The fourth-order valence-electron chi connectivity index (χ4n) is 1.76. The van der Waals surface area contributed by atoms with E-state index in [2.05, 4.69) is 23.6 Å². The second-order valence-electron chi connectivity index (χ2n) is 4.38. The van der Waals surface area contributed by atoms with E-state index >= 15 is 0 Å². The van der Waals surface area contributed by atoms with Gasteiger partial charge in [0.25, 0.3) is 0 Å². The summed E-state index contributed by atoms with van der Waals surface area (Å²) in [5, 5.41) is 3.84. The minimum atomic E-state index is -0.456. The molecule has 2 rings (SSSR count). The molecule has 3 nitrogen and oxygen atoms in total. The van der Waals surface area contributed by atoms with Crippen molar-refractivity contribution in [2.45, 2.75) is 6.10 Å². The zero-order chi connectivity index (χ0) is 15.6. The normalized spacial score (nSPS) is 11.3. The number of oxime groups is 1. The Morgan fingerprint density at radius 3 is 2.45 bits per heavy atom. The Morgan fingerprint density at radius 2 is 1.82 bits per heavy atom. The van der Waals surface area contributed by atoms with Crippen LogP contribution in [0.1, 0.15) is 17.2 Å². The standard InChI is InChI=1S/C19H17NO2/c1-3-15-20-22-19(14-9-16-7-5-4-6-8-16)17-10-12-18(21-2)13-11-17/h3-8,10-13,15,19H,1H2,2H3/b20-15+. The van der Waals surface area contributed by atoms with Crippen LogP contribution in [0.15, 0.2) is 72.4 Å². The number of allylic oxidation sites excluding steroid dienone is 1. The van der Waals surface area contributed by atoms with Gasteiger partial charge in [-0.15, -0.1) is 0 Å². The summed E-state index contributed by atoms with van der Waals surface area (Å²) >= 11 is 0. The number of hydrogen-bond acceptors (Lipinski definition) is 3. The van der Waals surface area contributed by atoms with Gasteiger partial charge in [0.1, 0.15) is 5.75 Å². The van der Waals surface area contributed by atoms with Crippen LogP contribution >= 0.6 is 0 Å². The average molecular weight is 291 g/mol. The molecule has 0 radical (unpaired) electrons. The lowest BCUT2D eigenvalue weighted by atomic mass is 10.1. The second-order valence-corrected chi connectivity index (χ2v) is 4.38. The van der Waals surface area contributed by atoms with Crippen molar-refractivity contribution < 1.29 is 9.57 Å². The molecule has 0 aromatic heterocycles. The molecule has 0 aliphatic heterocycles. The minimum absolute atomic E-state index is 0.456. The number of ether oxygens (including phenoxy) is 1. The molecule has 0 aliphatic rings. The molecule has 1 atom stereocenters. The molecule has 0 saturated carbocycles. The molecule has 0 N–H and O–H groups in total. The molecule has 0 amide bonds. The van der Waals surface area contributed by atoms with E-state index in [1.807, 2.05) is 54.6 Å². The van der Waals surface area contributed by atoms with E-state index in [0.29, 0.717) is 0 Å². The topological polar surface area (TPSA) is 30.8 Å². The van der Waals surface area contributed by atoms with Crippen LogP contribution in [0.3, 0.4) is 0 Å². The third-order valence-electron chi connectivity index (χ3n) is 2.87. The van der Waals surface area contributed by atoms with Crippen LogP contribution in [-0.2, 0) is 4.84 Å². The molecule has 0 heterocycles. The maximum atomic E-state index is 5.45. The summed E-state index contributed by atoms with van der Waals surface area (Å²) in [5.41, 5.74) is 1.84. The van der Waals surface area contributed by atoms with Gasteiger partial charge < -0.3 is 9.57 Å². The average Bonchev–Trinajstić information content (AvgIpc) is 2.59. The molecule has 2 aromatic rings. The predicted octanol–water partition coefficient (Wildman–Crippen LogP) is 3.98. The number of rotatable bonds is 5. The molecule has 3 heteroatoms. The third kappa shape index (κ3) is 4.53. The summed E-state index contributed by atoms with van der Waals surface area (Å²) in [6.07, 6.45) is 2.58. The molecule has 0 fully saturated rings. The lowest BCUT2D eigenvalue weighted by Crippen LogP contribution is -1.98. The van der Waals surface area contributed by atoms with Gasteiger partial charge >= 0.3 is 0 Å². The Morgan fingerprint density at radius 1 is 1.09 bits per heavy atom. The van der Waals surface area contributed by atoms with Gasteiger partial charge in [-0.1, -0.05) is 48.0 Å². The third-order valence-corrected chi connectivity index (χ3v) is 2.87. The van der Waals surface area contributed by atoms with E-state index in [4.69, 9.17) is 9.57 Å². The lowest BCUT2D eigenvalue weighted by molar-refractivity contribution is 0.101. The summed E-state index contributed by atoms with van der Waals surface area (Å²) in [5.74, 6) is 6.97. The van der Waals surface area contributed by atoms with Gasteiger partial charge in [0.15, 0.2) is 0 Å². The molecule has 0 saturated heterocycles. The fraction of sp³-hybridized carbons (Fsp3) is 0.105. The molecular formula is C19H17NO2. The van der Waals surface area contributed by atoms with Crippen molar-refractivity contribution in [1.29, 1.82) is 0 Å². The van der Waals surface area contributed by atoms with Crippen LogP contribution in [0.25, 0.3) is 0 Å². The molecular weight excluding hydrogens is 274 g/mol. The van der Waals surface area contributed by atoms with Gasteiger partial charge in [-0.05, 0) is 36.3 Å². The summed E-state index contributed by atoms with van der Waals surface area (Å²) in [6, 6.07) is 17.3. The maximum absolute atomic E-state index is 5.45. The van der Waals surface area contributed by atoms with Crippen molar-refractivity contribution in [3.63, 3.8) is 0 Å². The van der Waals surface area contributed by atoms with Crippen molar-refractivity contribution in [2.75, 3.05) is 7.11 Å². The molecule has 1 unspecified atom stereocenters. The van der Waals surface area contributed by atoms with Crippen LogP contribution < -0.4 is 4.74 Å². The first-order valence-electron chi connectivity index (χ1n) is 6.84. The monoisotopic (exact) mass is 291 g/mol. The molecule has 0 aliphatic carbocycles. The Labute approximate surface area is 130 Å². The first-order valence-corrected chi connectivity index (χ1v) is 6.84. The van der Waals surface area contributed by atoms with Gasteiger partial charge in [0.05, 0.1) is 13.3 Å². The zero-order valence-corrected chi connectivity index (χ0v) is 12.4. The van der Waals surface area contributed by atoms with Gasteiger partial charge in [-0.3, -0.25) is 0 Å². The smallest absolute Gasteiger partial charge is 0.213 e. The van der Waals surface area contributed by atoms with Crippen molar-refractivity contribution in [2.24, 2.45) is 5.16 Å². The van der Waals surface area contributed by atoms with E-state index in [1.165, 1.54) is 6.21 Å². The van der Waals surface area contributed by atoms with E-state index < -0.39 is 6.10 Å². The lowest BCUT2D eigenvalue weighted by Gasteiger charge is -2.09. The number of hydrogen-bond donors (Lipinski definition) is 0. The minimum Gasteiger partial charge on any atom is -0.497 e. The Hall–Kier alpha value is -2.99. The van der Waals surface area contributed by atoms with Gasteiger partial charge in [0, 0.05) is 11.1 Å². The first-order chi connectivity index (χ1) is 10.8. The van der Waals surface area contributed by atoms with Crippen molar-refractivity contribution >= 4 is 6.21 Å². The van der Waals surface area contributed by atoms with E-state index in [1.54, 1.807) is 13.2 Å². The highest BCUT2D eigenvalue weighted by Crippen LogP contribution is 2.20. The zero-order valence-electron chi connectivity index (χ0n) is 12.4. The molecule has 2 aromatic carbocycles. The van der Waals surface area contributed by atoms with Crippen LogP contribution in [0.4, 0.5) is 0 Å². The van der Waals surface area contributed by atoms with Crippen LogP contribution in [0.2, 0.25) is 0 Å². The Balaban J connectivity index is 2.23. The highest BCUT2D eigenvalue weighted by molar-refractivity contribution is 5.69. The Bertz CT molecular complexity index is 679. The summed E-state index contributed by atoms with van der Waals surface area (Å²) in [6.45, 7) is 3.56. The maximum Gasteiger partial charge on any atom is 0.213 e. The van der Waals surface area contributed by atoms with Crippen LogP contribution in [0.5, 0.6) is 5.75 Å². The van der Waals surface area contributed by atoms with Crippen molar-refractivity contribution in [3.8, 4) is 17.6 Å². The SMILES string of the molecule is C=C/C=N/OC(C#Cc1ccccc1)c1ccc(OC)cc1. The number of methoxy groups -OCH3 is 1. The molecule has 22 heavy (non-hydrogen) atoms. The fourth-order valence-corrected chi connectivity index (χ4v) is 1.76. The second kappa shape index (κ2) is 8.33. The summed E-state index contributed by atoms with van der Waals surface area (Å²) in [7, 11) is 1.63. The Kier molecular flexibility index (Phi) is 5.83. The van der Waals surface area contributed by atoms with Crippen LogP contribution in [-0.4, -0.2) is 13.3 Å². The van der Waals surface area contributed by atoms with Gasteiger partial charge in [-0.2, -0.15) is 0 Å². The van der Waals surface area contributed by atoms with E-state index in [9.17, 15) is 0 Å². The quantitative estimate of drug-likeness (QED) is 0.474. The van der Waals surface area contributed by atoms with E-state index in [-0.39, 0.29) is 0 Å². The van der Waals surface area contributed by atoms with E-state index in [0.717, 1.165) is 16.9 Å². The highest BCUT2D eigenvalue weighted by Gasteiger charge is 2.09. The highest BCUT2D eigenvalue weighted by atomic mass is 16.6. The number of nitrogens with zero attached hydrogens (tertiary/aromatic N) is 1. The predicted molar refractivity (Wildman–Crippen MR) is 88.8 cm³/mol. The van der Waals surface area contributed by atoms with Crippen molar-refractivity contribution in [3.05, 3.63) is 78.4 Å². The molecule has 110 valence electrons. The van der Waals surface area contributed by atoms with Gasteiger partial charge in [-0.25, -0.2) is 0 Å². The largest absolute Gasteiger partial charge is 0.497 e. The first kappa shape index (κ1) is 15.4.